The molecule has 0 saturated carbocycles. The summed E-state index contributed by atoms with van der Waals surface area (Å²) in [6.45, 7) is 16.6. The molecule has 1 spiro atoms. The molecule has 390 valence electrons. The number of methoxy groups -OCH3 is 2. The Morgan fingerprint density at radius 2 is 1.77 bits per heavy atom. The zero-order valence-corrected chi connectivity index (χ0v) is 43.1. The van der Waals surface area contributed by atoms with Crippen molar-refractivity contribution in [2.45, 2.75) is 161 Å². The van der Waals surface area contributed by atoms with Gasteiger partial charge in [-0.25, -0.2) is 9.55 Å². The van der Waals surface area contributed by atoms with Gasteiger partial charge in [0.2, 0.25) is 0 Å². The van der Waals surface area contributed by atoms with Crippen LogP contribution in [0, 0.1) is 34.5 Å². The van der Waals surface area contributed by atoms with Gasteiger partial charge in [0.05, 0.1) is 49.2 Å². The largest absolute Gasteiger partial charge is 0.469 e. The van der Waals surface area contributed by atoms with Gasteiger partial charge >= 0.3 is 7.82 Å². The Balaban J connectivity index is 1.74. The first-order valence-electron chi connectivity index (χ1n) is 23.5. The van der Waals surface area contributed by atoms with E-state index in [0.29, 0.717) is 18.0 Å². The molecule has 0 radical (unpaired) electrons. The predicted molar refractivity (Wildman–Crippen MR) is 258 cm³/mol. The first kappa shape index (κ1) is 59.9. The number of allylic oxidation sites excluding steroid dienone is 7. The molecule has 1 amide bonds. The number of aliphatic hydroxyl groups is 5. The summed E-state index contributed by atoms with van der Waals surface area (Å²) in [4.78, 5) is 37.4. The number of hydrogen-bond donors (Lipinski definition) is 9. The Kier molecular flexibility index (Phi) is 23.3. The number of amides is 1. The molecule has 9 N–H and O–H groups in total. The number of phosphoric acid groups is 1. The van der Waals surface area contributed by atoms with Crippen LogP contribution in [-0.2, 0) is 32.8 Å². The molecule has 0 bridgehead atoms. The number of aliphatic hydroxyl groups excluding tert-OH is 5. The molecule has 15 atom stereocenters. The van der Waals surface area contributed by atoms with E-state index in [1.54, 1.807) is 33.9 Å². The summed E-state index contributed by atoms with van der Waals surface area (Å²) in [5.74, 6) is -3.64. The first-order valence-corrected chi connectivity index (χ1v) is 25.0. The summed E-state index contributed by atoms with van der Waals surface area (Å²) in [7, 11) is -0.735. The number of oxazole rings is 1. The number of phosphoric ester groups is 1. The Hall–Kier alpha value is -3.42. The molecule has 2 aliphatic heterocycles. The van der Waals surface area contributed by atoms with Crippen LogP contribution >= 0.6 is 7.82 Å². The molecule has 19 nitrogen and oxygen atoms in total. The summed E-state index contributed by atoms with van der Waals surface area (Å²) in [5.41, 5.74) is 1.87. The summed E-state index contributed by atoms with van der Waals surface area (Å²) < 4.78 is 48.1. The van der Waals surface area contributed by atoms with Crippen LogP contribution in [0.3, 0.4) is 0 Å². The number of nitriles is 1. The van der Waals surface area contributed by atoms with Gasteiger partial charge in [-0.1, -0.05) is 77.5 Å². The van der Waals surface area contributed by atoms with Crippen molar-refractivity contribution in [1.82, 2.24) is 15.6 Å². The number of nitrogens with zero attached hydrogens (tertiary/aromatic N) is 2. The highest BCUT2D eigenvalue weighted by Crippen LogP contribution is 2.59. The van der Waals surface area contributed by atoms with Gasteiger partial charge in [-0.2, -0.15) is 5.26 Å². The lowest BCUT2D eigenvalue weighted by atomic mass is 9.72. The van der Waals surface area contributed by atoms with Gasteiger partial charge in [0.25, 0.3) is 5.91 Å². The van der Waals surface area contributed by atoms with E-state index in [4.69, 9.17) is 33.2 Å². The number of aromatic nitrogens is 1. The second kappa shape index (κ2) is 26.9. The topological polar surface area (TPSA) is 296 Å². The monoisotopic (exact) mass is 995 g/mol. The smallest absolute Gasteiger partial charge is 0.448 e. The van der Waals surface area contributed by atoms with Crippen LogP contribution in [-0.4, -0.2) is 147 Å². The molecule has 2 saturated heterocycles. The average molecular weight is 995 g/mol. The Labute approximate surface area is 407 Å². The van der Waals surface area contributed by atoms with Crippen LogP contribution in [0.2, 0.25) is 0 Å². The Morgan fingerprint density at radius 1 is 1.09 bits per heavy atom. The lowest BCUT2D eigenvalue weighted by molar-refractivity contribution is -0.334. The summed E-state index contributed by atoms with van der Waals surface area (Å²) in [6.07, 6.45) is 4.07. The fourth-order valence-corrected chi connectivity index (χ4v) is 9.46. The molecular weight excluding hydrogens is 916 g/mol. The standard InChI is InChI=1S/C49H79N4O15P/c1-28(19-21-50)15-13-16-29(2)31(4)23-32(5)41(56)34(7)37(54)24-40(64-12)44-45(68-69(60,61)62)48(8,9)49(67-44)25-38(55)33(6)39(66-49)18-14-17-35-26-65-47(53-35)30(3)20-22-52-46(59)43(58)42(57)36(51-10)27-63-11/h13-17,19,23,26,30,32-34,36-45,51,54-58H,18,20,22,24-25,27H2,1-12H3,(H,52,59)(H2,60,61,62)/b15-13+,17-14+,28-19-,29-16+,31-23+/t30-,32+,33-,34-,36-,37-,38+,39?,40-,41+,42-,43-,44+,45-,49?/m0/s1. The average Bonchev–Trinajstić information content (AvgIpc) is 3.84. The van der Waals surface area contributed by atoms with Crippen molar-refractivity contribution in [3.05, 3.63) is 71.0 Å². The van der Waals surface area contributed by atoms with Crippen molar-refractivity contribution in [3.8, 4) is 6.07 Å². The predicted octanol–water partition coefficient (Wildman–Crippen LogP) is 4.35. The molecule has 2 unspecified atom stereocenters. The van der Waals surface area contributed by atoms with Gasteiger partial charge in [-0.3, -0.25) is 9.32 Å². The maximum atomic E-state index is 12.5. The molecule has 3 heterocycles. The van der Waals surface area contributed by atoms with Gasteiger partial charge in [-0.05, 0) is 57.9 Å². The van der Waals surface area contributed by atoms with E-state index in [0.717, 1.165) is 16.7 Å². The minimum Gasteiger partial charge on any atom is -0.448 e. The third kappa shape index (κ3) is 16.3. The van der Waals surface area contributed by atoms with Crippen molar-refractivity contribution < 1.29 is 72.6 Å². The van der Waals surface area contributed by atoms with Crippen molar-refractivity contribution in [3.63, 3.8) is 0 Å². The van der Waals surface area contributed by atoms with Crippen LogP contribution in [0.5, 0.6) is 0 Å². The van der Waals surface area contributed by atoms with Crippen LogP contribution in [0.25, 0.3) is 6.08 Å². The van der Waals surface area contributed by atoms with Gasteiger partial charge in [0, 0.05) is 68.8 Å². The van der Waals surface area contributed by atoms with E-state index >= 15 is 0 Å². The van der Waals surface area contributed by atoms with Crippen LogP contribution in [0.1, 0.15) is 105 Å². The summed E-state index contributed by atoms with van der Waals surface area (Å²) in [6, 6.07) is 1.35. The zero-order chi connectivity index (χ0) is 52.0. The number of ether oxygens (including phenoxy) is 4. The Morgan fingerprint density at radius 3 is 2.38 bits per heavy atom. The van der Waals surface area contributed by atoms with Crippen LogP contribution in [0.4, 0.5) is 0 Å². The highest BCUT2D eigenvalue weighted by atomic mass is 31.2. The maximum absolute atomic E-state index is 12.5. The molecule has 0 aromatic carbocycles. The molecule has 0 aliphatic carbocycles. The van der Waals surface area contributed by atoms with Crippen LogP contribution < -0.4 is 10.6 Å². The third-order valence-corrected chi connectivity index (χ3v) is 14.3. The van der Waals surface area contributed by atoms with Crippen molar-refractivity contribution >= 4 is 19.8 Å². The van der Waals surface area contributed by atoms with Gasteiger partial charge < -0.3 is 69.3 Å². The van der Waals surface area contributed by atoms with Gasteiger partial charge in [-0.15, -0.1) is 0 Å². The van der Waals surface area contributed by atoms with E-state index in [2.05, 4.69) is 15.6 Å². The highest BCUT2D eigenvalue weighted by Gasteiger charge is 2.68. The highest BCUT2D eigenvalue weighted by molar-refractivity contribution is 7.46. The molecule has 2 aliphatic rings. The molecule has 20 heteroatoms. The maximum Gasteiger partial charge on any atom is 0.469 e. The first-order chi connectivity index (χ1) is 32.3. The number of likely N-dealkylation sites (N-methyl/N-ethyl adjacent to an activating group) is 1. The third-order valence-electron chi connectivity index (χ3n) is 13.8. The number of rotatable bonds is 26. The molecular formula is C49H79N4O15P. The molecule has 1 aromatic heterocycles. The molecule has 2 fully saturated rings. The van der Waals surface area contributed by atoms with Crippen molar-refractivity contribution in [2.75, 3.05) is 34.4 Å². The molecule has 3 rings (SSSR count). The Bertz CT molecular complexity index is 2040. The summed E-state index contributed by atoms with van der Waals surface area (Å²) >= 11 is 0. The van der Waals surface area contributed by atoms with Crippen LogP contribution in [0.15, 0.2) is 63.9 Å². The fourth-order valence-electron chi connectivity index (χ4n) is 8.78. The van der Waals surface area contributed by atoms with Gasteiger partial charge in [0.1, 0.15) is 30.3 Å². The number of hydrogen-bond acceptors (Lipinski definition) is 16. The molecule has 1 aromatic rings. The normalized spacial score (nSPS) is 27.7. The lowest BCUT2D eigenvalue weighted by Gasteiger charge is -2.50. The van der Waals surface area contributed by atoms with Crippen molar-refractivity contribution in [1.29, 1.82) is 5.26 Å². The number of carbonyl (C=O) groups is 1. The quantitative estimate of drug-likeness (QED) is 0.0354. The van der Waals surface area contributed by atoms with E-state index in [9.17, 15) is 44.7 Å². The number of nitrogens with one attached hydrogen (secondary N) is 2. The molecule has 69 heavy (non-hydrogen) atoms. The van der Waals surface area contributed by atoms with E-state index in [1.807, 2.05) is 78.0 Å². The van der Waals surface area contributed by atoms with E-state index in [1.165, 1.54) is 26.6 Å². The zero-order valence-electron chi connectivity index (χ0n) is 42.2. The number of carbonyl (C=O) groups excluding carboxylic acids is 1. The SMILES string of the molecule is CN[C@@H](COC)[C@H](O)[C@H](O)C(=O)NCC[C@H](C)c1nc(/C=C/CC2OC3(C[C@@H](O)[C@@H]2C)O[C@H]([C@H](C[C@H](O)[C@H](C)[C@H](O)[C@H](C)/C=C(C)/C(C)=C/C=C/C(C)=C\C#N)OC)[C@H](OP(=O)(O)O)C3(C)C)co1. The minimum absolute atomic E-state index is 0.0646. The fraction of sp³-hybridized carbons (Fsp3) is 0.694. The van der Waals surface area contributed by atoms with Crippen molar-refractivity contribution in [2.24, 2.45) is 23.2 Å². The van der Waals surface area contributed by atoms with E-state index in [-0.39, 0.29) is 44.2 Å². The second-order valence-corrected chi connectivity index (χ2v) is 20.4. The lowest BCUT2D eigenvalue weighted by Crippen LogP contribution is -2.58. The van der Waals surface area contributed by atoms with E-state index < -0.39 is 97.7 Å². The summed E-state index contributed by atoms with van der Waals surface area (Å²) in [5, 5.41) is 69.5. The minimum atomic E-state index is -5.15. The van der Waals surface area contributed by atoms with Gasteiger partial charge in [0.15, 0.2) is 17.8 Å². The second-order valence-electron chi connectivity index (χ2n) is 19.2.